The Bertz CT molecular complexity index is 1480. The van der Waals surface area contributed by atoms with Gasteiger partial charge in [0.1, 0.15) is 29.0 Å². The number of carbonyl (C=O) groups is 4. The number of methoxy groups -OCH3 is 2. The van der Waals surface area contributed by atoms with E-state index in [0.717, 1.165) is 11.1 Å². The van der Waals surface area contributed by atoms with Crippen LogP contribution in [0.25, 0.3) is 9.69 Å². The van der Waals surface area contributed by atoms with Crippen LogP contribution in [0.4, 0.5) is 0 Å². The smallest absolute Gasteiger partial charge is 0.263 e. The third-order valence-corrected chi connectivity index (χ3v) is 6.33. The first-order valence-electron chi connectivity index (χ1n) is 13.5. The van der Waals surface area contributed by atoms with Gasteiger partial charge in [-0.1, -0.05) is 32.4 Å². The van der Waals surface area contributed by atoms with Crippen molar-refractivity contribution in [2.24, 2.45) is 0 Å². The van der Waals surface area contributed by atoms with Crippen LogP contribution in [-0.4, -0.2) is 105 Å². The van der Waals surface area contributed by atoms with Gasteiger partial charge >= 0.3 is 0 Å². The summed E-state index contributed by atoms with van der Waals surface area (Å²) in [5, 5.41) is 17.4. The fourth-order valence-electron chi connectivity index (χ4n) is 3.80. The molecule has 0 N–H and O–H groups in total. The van der Waals surface area contributed by atoms with E-state index in [1.54, 1.807) is 38.4 Å². The van der Waals surface area contributed by atoms with Gasteiger partial charge in [-0.25, -0.2) is 9.69 Å². The molecule has 0 radical (unpaired) electrons. The number of likely N-dealkylation sites (N-methyl/N-ethyl adjacent to an activating group) is 4. The summed E-state index contributed by atoms with van der Waals surface area (Å²) >= 11 is 0. The SMILES string of the molecule is [C-]#[N+]C(=C)C(=O)N(C)CC(CN(C)C(=O)C(=C)C#N)OC.[C-]#[N+]C(=C)C(=O)N(C)Cc1cc(CN(C)C(=O)C(=C)C#N)cc(OC)c1. The normalized spacial score (nSPS) is 10.0. The van der Waals surface area contributed by atoms with Gasteiger partial charge in [0.2, 0.25) is 11.4 Å². The van der Waals surface area contributed by atoms with Crippen molar-refractivity contribution in [1.82, 2.24) is 19.6 Å². The molecular formula is C33H38N8O6. The summed E-state index contributed by atoms with van der Waals surface area (Å²) in [5.41, 5.74) is 0.890. The summed E-state index contributed by atoms with van der Waals surface area (Å²) in [7, 11) is 9.14. The summed E-state index contributed by atoms with van der Waals surface area (Å²) in [5.74, 6) is -1.34. The molecule has 0 saturated heterocycles. The zero-order chi connectivity index (χ0) is 36.4. The number of carbonyl (C=O) groups excluding carboxylic acids is 4. The second-order valence-electron chi connectivity index (χ2n) is 10.0. The third kappa shape index (κ3) is 13.1. The van der Waals surface area contributed by atoms with E-state index < -0.39 is 29.7 Å². The number of benzene rings is 1. The summed E-state index contributed by atoms with van der Waals surface area (Å²) < 4.78 is 10.5. The van der Waals surface area contributed by atoms with Crippen LogP contribution in [0, 0.1) is 35.8 Å². The summed E-state index contributed by atoms with van der Waals surface area (Å²) in [4.78, 5) is 58.8. The molecule has 14 nitrogen and oxygen atoms in total. The van der Waals surface area contributed by atoms with Crippen molar-refractivity contribution >= 4 is 23.6 Å². The number of hydrogen-bond acceptors (Lipinski definition) is 8. The van der Waals surface area contributed by atoms with E-state index >= 15 is 0 Å². The molecule has 1 rings (SSSR count). The van der Waals surface area contributed by atoms with Crippen molar-refractivity contribution in [2.45, 2.75) is 19.2 Å². The average Bonchev–Trinajstić information content (AvgIpc) is 3.07. The molecule has 0 spiro atoms. The number of nitrogens with zero attached hydrogens (tertiary/aromatic N) is 8. The highest BCUT2D eigenvalue weighted by Crippen LogP contribution is 2.20. The minimum absolute atomic E-state index is 0.140. The van der Waals surface area contributed by atoms with Crippen LogP contribution >= 0.6 is 0 Å². The van der Waals surface area contributed by atoms with Crippen LogP contribution in [0.3, 0.4) is 0 Å². The molecule has 0 saturated carbocycles. The van der Waals surface area contributed by atoms with Gasteiger partial charge in [-0.2, -0.15) is 10.5 Å². The molecule has 1 unspecified atom stereocenters. The van der Waals surface area contributed by atoms with Gasteiger partial charge in [0, 0.05) is 61.5 Å². The van der Waals surface area contributed by atoms with Crippen molar-refractivity contribution < 1.29 is 28.7 Å². The lowest BCUT2D eigenvalue weighted by molar-refractivity contribution is -0.129. The monoisotopic (exact) mass is 642 g/mol. The lowest BCUT2D eigenvalue weighted by Crippen LogP contribution is -2.43. The zero-order valence-electron chi connectivity index (χ0n) is 27.5. The molecular weight excluding hydrogens is 604 g/mol. The molecule has 1 aromatic carbocycles. The van der Waals surface area contributed by atoms with E-state index in [2.05, 4.69) is 36.0 Å². The Morgan fingerprint density at radius 1 is 0.723 bits per heavy atom. The Balaban J connectivity index is 0.000000923. The van der Waals surface area contributed by atoms with E-state index in [9.17, 15) is 19.2 Å². The first kappa shape index (κ1) is 40.8. The van der Waals surface area contributed by atoms with Gasteiger partial charge in [0.05, 0.1) is 26.4 Å². The van der Waals surface area contributed by atoms with Gasteiger partial charge in [0.25, 0.3) is 23.6 Å². The van der Waals surface area contributed by atoms with Gasteiger partial charge in [-0.3, -0.25) is 19.2 Å². The molecule has 0 bridgehead atoms. The number of hydrogen-bond donors (Lipinski definition) is 0. The lowest BCUT2D eigenvalue weighted by Gasteiger charge is -2.27. The standard InChI is InChI=1S/C19H20N4O3.C14H18N4O3/c1-13(10-20)18(24)22(4)11-15-7-16(9-17(8-15)26-6)12-23(5)19(25)14(2)21-3;1-10(7-15)13(19)17(4)8-12(21-6)9-18(5)14(20)11(2)16-3/h7-9H,1-2,11-12H2,4-6H3;12H,1-2,8-9H2,4-6H3. The molecule has 47 heavy (non-hydrogen) atoms. The fraction of sp³-hybridized carbons (Fsp3) is 0.333. The van der Waals surface area contributed by atoms with Crippen LogP contribution in [0.2, 0.25) is 0 Å². The highest BCUT2D eigenvalue weighted by Gasteiger charge is 2.22. The average molecular weight is 643 g/mol. The van der Waals surface area contributed by atoms with Gasteiger partial charge in [0.15, 0.2) is 0 Å². The number of nitriles is 2. The third-order valence-electron chi connectivity index (χ3n) is 6.33. The van der Waals surface area contributed by atoms with Gasteiger partial charge in [-0.05, 0) is 23.3 Å². The molecule has 0 aliphatic heterocycles. The first-order chi connectivity index (χ1) is 22.0. The van der Waals surface area contributed by atoms with Crippen molar-refractivity contribution in [3.05, 3.63) is 101 Å². The predicted octanol–water partition coefficient (Wildman–Crippen LogP) is 2.56. The molecule has 14 heteroatoms. The van der Waals surface area contributed by atoms with Crippen molar-refractivity contribution in [3.63, 3.8) is 0 Å². The van der Waals surface area contributed by atoms with Crippen LogP contribution in [-0.2, 0) is 37.0 Å². The van der Waals surface area contributed by atoms with Crippen LogP contribution in [0.5, 0.6) is 5.75 Å². The Morgan fingerprint density at radius 2 is 1.09 bits per heavy atom. The number of rotatable bonds is 14. The maximum absolute atomic E-state index is 12.0. The number of ether oxygens (including phenoxy) is 2. The Kier molecular flexibility index (Phi) is 17.3. The van der Waals surface area contributed by atoms with Crippen molar-refractivity contribution in [3.8, 4) is 17.9 Å². The second-order valence-corrected chi connectivity index (χ2v) is 10.0. The van der Waals surface area contributed by atoms with Crippen LogP contribution in [0.15, 0.2) is 67.1 Å². The zero-order valence-corrected chi connectivity index (χ0v) is 27.5. The maximum Gasteiger partial charge on any atom is 0.263 e. The second kappa shape index (κ2) is 19.9. The molecule has 0 heterocycles. The highest BCUT2D eigenvalue weighted by molar-refractivity contribution is 5.97. The van der Waals surface area contributed by atoms with E-state index in [1.165, 1.54) is 47.9 Å². The molecule has 0 aliphatic carbocycles. The minimum Gasteiger partial charge on any atom is -0.497 e. The van der Waals surface area contributed by atoms with Crippen LogP contribution in [0.1, 0.15) is 11.1 Å². The number of amides is 4. The van der Waals surface area contributed by atoms with E-state index in [4.69, 9.17) is 33.1 Å². The molecule has 1 aromatic rings. The highest BCUT2D eigenvalue weighted by atomic mass is 16.5. The fourth-order valence-corrected chi connectivity index (χ4v) is 3.80. The van der Waals surface area contributed by atoms with E-state index in [1.807, 2.05) is 6.07 Å². The Hall–Kier alpha value is -6.22. The van der Waals surface area contributed by atoms with Gasteiger partial charge in [-0.15, -0.1) is 0 Å². The maximum atomic E-state index is 12.0. The Labute approximate surface area is 275 Å². The molecule has 0 aliphatic rings. The van der Waals surface area contributed by atoms with Crippen LogP contribution < -0.4 is 4.74 Å². The summed E-state index contributed by atoms with van der Waals surface area (Å²) in [6.07, 6.45) is -0.460. The first-order valence-corrected chi connectivity index (χ1v) is 13.5. The quantitative estimate of drug-likeness (QED) is 0.170. The van der Waals surface area contributed by atoms with Crippen molar-refractivity contribution in [2.75, 3.05) is 55.5 Å². The predicted molar refractivity (Wildman–Crippen MR) is 173 cm³/mol. The van der Waals surface area contributed by atoms with E-state index in [0.29, 0.717) is 5.75 Å². The topological polar surface area (TPSA) is 156 Å². The molecule has 0 aromatic heterocycles. The van der Waals surface area contributed by atoms with Gasteiger partial charge < -0.3 is 29.1 Å². The largest absolute Gasteiger partial charge is 0.497 e. The molecule has 246 valence electrons. The molecule has 4 amide bonds. The molecule has 0 fully saturated rings. The lowest BCUT2D eigenvalue weighted by atomic mass is 10.1. The summed E-state index contributed by atoms with van der Waals surface area (Å²) in [6, 6.07) is 8.77. The molecule has 1 atom stereocenters. The van der Waals surface area contributed by atoms with E-state index in [-0.39, 0.29) is 48.7 Å². The minimum atomic E-state index is -0.501. The Morgan fingerprint density at radius 3 is 1.45 bits per heavy atom. The summed E-state index contributed by atoms with van der Waals surface area (Å²) in [6.45, 7) is 28.0. The van der Waals surface area contributed by atoms with Crippen molar-refractivity contribution in [1.29, 1.82) is 10.5 Å².